The molecule has 0 radical (unpaired) electrons. The summed E-state index contributed by atoms with van der Waals surface area (Å²) >= 11 is 3.13. The molecule has 2 aromatic heterocycles. The van der Waals surface area contributed by atoms with Crippen LogP contribution in [-0.2, 0) is 11.0 Å². The molecule has 2 rings (SSSR count). The number of imidazole rings is 1. The van der Waals surface area contributed by atoms with Gasteiger partial charge in [0, 0.05) is 6.20 Å². The molecule has 0 aliphatic rings. The van der Waals surface area contributed by atoms with E-state index in [0.29, 0.717) is 15.7 Å². The number of pyridine rings is 1. The summed E-state index contributed by atoms with van der Waals surface area (Å²) in [7, 11) is -1.34. The fourth-order valence-corrected chi connectivity index (χ4v) is 2.20. The first-order chi connectivity index (χ1) is 8.79. The van der Waals surface area contributed by atoms with Gasteiger partial charge in [-0.2, -0.15) is 4.40 Å². The minimum Gasteiger partial charge on any atom is -0.303 e. The Balaban J connectivity index is 2.39. The fraction of sp³-hybridized carbons (Fsp3) is 0.333. The molecule has 0 N–H and O–H groups in total. The highest BCUT2D eigenvalue weighted by Gasteiger charge is 2.18. The lowest BCUT2D eigenvalue weighted by Crippen LogP contribution is -2.19. The molecule has 19 heavy (non-hydrogen) atoms. The summed E-state index contributed by atoms with van der Waals surface area (Å²) in [6, 6.07) is 1.61. The maximum absolute atomic E-state index is 13.4. The lowest BCUT2D eigenvalue weighted by atomic mass is 10.3. The molecule has 102 valence electrons. The second-order valence-corrected chi connectivity index (χ2v) is 7.78. The molecule has 0 spiro atoms. The van der Waals surface area contributed by atoms with Crippen LogP contribution in [0.5, 0.6) is 0 Å². The van der Waals surface area contributed by atoms with Gasteiger partial charge in [0.15, 0.2) is 5.82 Å². The average Bonchev–Trinajstić information content (AvgIpc) is 2.68. The van der Waals surface area contributed by atoms with E-state index in [9.17, 15) is 8.60 Å². The molecule has 0 fully saturated rings. The normalized spacial score (nSPS) is 14.4. The molecule has 2 heterocycles. The van der Waals surface area contributed by atoms with Gasteiger partial charge in [-0.1, -0.05) is 0 Å². The van der Waals surface area contributed by atoms with Crippen molar-refractivity contribution in [3.05, 3.63) is 34.6 Å². The van der Waals surface area contributed by atoms with E-state index in [1.807, 2.05) is 20.8 Å². The average molecular weight is 346 g/mol. The summed E-state index contributed by atoms with van der Waals surface area (Å²) in [6.45, 7) is 5.53. The first kappa shape index (κ1) is 14.3. The topological polar surface area (TPSA) is 46.7 Å². The minimum atomic E-state index is -1.34. The van der Waals surface area contributed by atoms with E-state index in [4.69, 9.17) is 0 Å². The third-order valence-electron chi connectivity index (χ3n) is 2.40. The number of fused-ring (bicyclic) bond motifs is 1. The van der Waals surface area contributed by atoms with Crippen LogP contribution in [0.3, 0.4) is 0 Å². The van der Waals surface area contributed by atoms with E-state index < -0.39 is 15.7 Å². The molecule has 0 aliphatic carbocycles. The molecule has 0 bridgehead atoms. The van der Waals surface area contributed by atoms with Crippen molar-refractivity contribution in [1.82, 2.24) is 9.38 Å². The third-order valence-corrected chi connectivity index (χ3v) is 4.35. The van der Waals surface area contributed by atoms with Gasteiger partial charge in [-0.25, -0.2) is 13.6 Å². The maximum Gasteiger partial charge on any atom is 0.154 e. The molecule has 0 saturated heterocycles. The molecule has 0 aliphatic heterocycles. The van der Waals surface area contributed by atoms with Crippen molar-refractivity contribution in [3.63, 3.8) is 0 Å². The molecule has 1 atom stereocenters. The molecule has 0 aromatic carbocycles. The van der Waals surface area contributed by atoms with E-state index in [1.165, 1.54) is 18.7 Å². The summed E-state index contributed by atoms with van der Waals surface area (Å²) < 4.78 is 30.7. The Bertz CT molecular complexity index is 675. The summed E-state index contributed by atoms with van der Waals surface area (Å²) in [5.74, 6) is -0.369. The highest BCUT2D eigenvalue weighted by atomic mass is 79.9. The monoisotopic (exact) mass is 345 g/mol. The van der Waals surface area contributed by atoms with E-state index in [-0.39, 0.29) is 5.82 Å². The van der Waals surface area contributed by atoms with Gasteiger partial charge in [-0.15, -0.1) is 0 Å². The van der Waals surface area contributed by atoms with Crippen LogP contribution in [0.2, 0.25) is 0 Å². The lowest BCUT2D eigenvalue weighted by Gasteiger charge is -2.12. The van der Waals surface area contributed by atoms with Gasteiger partial charge >= 0.3 is 0 Å². The zero-order valence-corrected chi connectivity index (χ0v) is 13.1. The van der Waals surface area contributed by atoms with Crippen LogP contribution in [-0.4, -0.2) is 24.6 Å². The van der Waals surface area contributed by atoms with Gasteiger partial charge in [0.25, 0.3) is 0 Å². The van der Waals surface area contributed by atoms with E-state index in [1.54, 1.807) is 10.5 Å². The van der Waals surface area contributed by atoms with Gasteiger partial charge in [-0.05, 0) is 42.8 Å². The second-order valence-electron chi connectivity index (χ2n) is 4.99. The largest absolute Gasteiger partial charge is 0.303 e. The van der Waals surface area contributed by atoms with Crippen molar-refractivity contribution in [1.29, 1.82) is 0 Å². The molecular formula is C12H13BrFN3OS. The predicted molar refractivity (Wildman–Crippen MR) is 78.3 cm³/mol. The molecule has 4 nitrogen and oxygen atoms in total. The lowest BCUT2D eigenvalue weighted by molar-refractivity contribution is 0.612. The first-order valence-corrected chi connectivity index (χ1v) is 7.47. The molecule has 2 aromatic rings. The van der Waals surface area contributed by atoms with Gasteiger partial charge in [0.2, 0.25) is 0 Å². The molecular weight excluding hydrogens is 333 g/mol. The molecule has 1 unspecified atom stereocenters. The molecule has 0 saturated carbocycles. The van der Waals surface area contributed by atoms with Gasteiger partial charge in [0.05, 0.1) is 21.0 Å². The Morgan fingerprint density at radius 3 is 2.84 bits per heavy atom. The first-order valence-electron chi connectivity index (χ1n) is 5.57. The van der Waals surface area contributed by atoms with Crippen LogP contribution in [0, 0.1) is 5.82 Å². The van der Waals surface area contributed by atoms with Crippen LogP contribution in [0.1, 0.15) is 26.5 Å². The number of rotatable bonds is 2. The van der Waals surface area contributed by atoms with Crippen molar-refractivity contribution < 1.29 is 8.60 Å². The minimum absolute atomic E-state index is 0.354. The zero-order chi connectivity index (χ0) is 14.2. The molecule has 0 amide bonds. The number of hydrogen-bond acceptors (Lipinski definition) is 2. The fourth-order valence-electron chi connectivity index (χ4n) is 1.36. The molecule has 7 heteroatoms. The summed E-state index contributed by atoms with van der Waals surface area (Å²) in [4.78, 5) is 4.12. The third kappa shape index (κ3) is 3.09. The number of aromatic nitrogens is 2. The van der Waals surface area contributed by atoms with Crippen LogP contribution < -0.4 is 0 Å². The zero-order valence-electron chi connectivity index (χ0n) is 10.7. The quantitative estimate of drug-likeness (QED) is 0.785. The Morgan fingerprint density at radius 1 is 1.53 bits per heavy atom. The van der Waals surface area contributed by atoms with Crippen LogP contribution in [0.4, 0.5) is 4.39 Å². The predicted octanol–water partition coefficient (Wildman–Crippen LogP) is 3.12. The highest BCUT2D eigenvalue weighted by Crippen LogP contribution is 2.19. The van der Waals surface area contributed by atoms with Gasteiger partial charge < -0.3 is 4.40 Å². The second kappa shape index (κ2) is 5.13. The van der Waals surface area contributed by atoms with Gasteiger partial charge in [-0.3, -0.25) is 0 Å². The summed E-state index contributed by atoms with van der Waals surface area (Å²) in [5.41, 5.74) is 1.25. The smallest absolute Gasteiger partial charge is 0.154 e. The maximum atomic E-state index is 13.4. The van der Waals surface area contributed by atoms with Crippen LogP contribution >= 0.6 is 15.9 Å². The van der Waals surface area contributed by atoms with E-state index >= 15 is 0 Å². The Hall–Kier alpha value is -1.08. The SMILES string of the molecule is CC(C)(C)S(=O)N=Cc1ncn2cc(F)c(Br)cc12. The van der Waals surface area contributed by atoms with Crippen molar-refractivity contribution in [2.75, 3.05) is 0 Å². The van der Waals surface area contributed by atoms with Crippen LogP contribution in [0.25, 0.3) is 5.52 Å². The highest BCUT2D eigenvalue weighted by molar-refractivity contribution is 9.10. The standard InChI is InChI=1S/C12H13BrFN3OS/c1-12(2,3)19(18)16-5-10-11-4-8(13)9(14)6-17(11)7-15-10/h4-7H,1-3H3. The summed E-state index contributed by atoms with van der Waals surface area (Å²) in [5, 5.41) is 0. The van der Waals surface area contributed by atoms with Crippen molar-refractivity contribution in [2.45, 2.75) is 25.5 Å². The Labute approximate surface area is 121 Å². The van der Waals surface area contributed by atoms with E-state index in [0.717, 1.165) is 0 Å². The van der Waals surface area contributed by atoms with Crippen molar-refractivity contribution in [3.8, 4) is 0 Å². The number of hydrogen-bond donors (Lipinski definition) is 0. The Kier molecular flexibility index (Phi) is 3.87. The van der Waals surface area contributed by atoms with Crippen molar-refractivity contribution >= 4 is 38.6 Å². The number of nitrogens with zero attached hydrogens (tertiary/aromatic N) is 3. The van der Waals surface area contributed by atoms with Crippen molar-refractivity contribution in [2.24, 2.45) is 4.40 Å². The van der Waals surface area contributed by atoms with E-state index in [2.05, 4.69) is 25.3 Å². The van der Waals surface area contributed by atoms with Gasteiger partial charge in [0.1, 0.15) is 23.0 Å². The number of halogens is 2. The van der Waals surface area contributed by atoms with Crippen LogP contribution in [0.15, 0.2) is 27.5 Å². The summed E-state index contributed by atoms with van der Waals surface area (Å²) in [6.07, 6.45) is 4.28. The Morgan fingerprint density at radius 2 is 2.21 bits per heavy atom.